The lowest BCUT2D eigenvalue weighted by molar-refractivity contribution is -0.261. The largest absolute Gasteiger partial charge is 0.486 e. The molecule has 50 heavy (non-hydrogen) atoms. The Labute approximate surface area is 304 Å². The number of rotatable bonds is 18. The average Bonchev–Trinajstić information content (AvgIpc) is 3.05. The molecule has 0 saturated carbocycles. The van der Waals surface area contributed by atoms with E-state index in [1.807, 2.05) is 45.0 Å². The summed E-state index contributed by atoms with van der Waals surface area (Å²) < 4.78 is 22.0. The van der Waals surface area contributed by atoms with Crippen molar-refractivity contribution in [1.82, 2.24) is 5.32 Å². The highest BCUT2D eigenvalue weighted by Crippen LogP contribution is 2.38. The fourth-order valence-electron chi connectivity index (χ4n) is 5.72. The smallest absolute Gasteiger partial charge is 0.306 e. The lowest BCUT2D eigenvalue weighted by atomic mass is 9.96. The number of halogens is 2. The first-order valence-electron chi connectivity index (χ1n) is 17.0. The molecule has 2 aromatic carbocycles. The number of benzene rings is 2. The van der Waals surface area contributed by atoms with E-state index in [0.29, 0.717) is 24.8 Å². The molecule has 1 fully saturated rings. The van der Waals surface area contributed by atoms with Gasteiger partial charge in [-0.3, -0.25) is 14.4 Å². The molecule has 1 aliphatic heterocycles. The minimum Gasteiger partial charge on any atom is -0.486 e. The van der Waals surface area contributed by atoms with E-state index in [0.717, 1.165) is 49.7 Å². The fourth-order valence-corrected chi connectivity index (χ4v) is 6.29. The van der Waals surface area contributed by atoms with E-state index in [1.165, 1.54) is 13.2 Å². The molecule has 1 amide bonds. The van der Waals surface area contributed by atoms with Crippen molar-refractivity contribution in [2.45, 2.75) is 128 Å². The molecule has 278 valence electrons. The minimum atomic E-state index is -1.48. The van der Waals surface area contributed by atoms with E-state index in [2.05, 4.69) is 5.32 Å². The average molecular weight is 741 g/mol. The highest BCUT2D eigenvalue weighted by molar-refractivity contribution is 6.38. The van der Waals surface area contributed by atoms with Gasteiger partial charge < -0.3 is 39.6 Å². The first kappa shape index (κ1) is 41.6. The number of methoxy groups -OCH3 is 1. The van der Waals surface area contributed by atoms with E-state index < -0.39 is 48.8 Å². The van der Waals surface area contributed by atoms with E-state index in [-0.39, 0.29) is 39.7 Å². The van der Waals surface area contributed by atoms with Gasteiger partial charge in [0.05, 0.1) is 16.7 Å². The van der Waals surface area contributed by atoms with Crippen LogP contribution in [0.4, 0.5) is 0 Å². The number of hydrogen-bond donors (Lipinski definition) is 4. The van der Waals surface area contributed by atoms with Crippen molar-refractivity contribution in [2.24, 2.45) is 0 Å². The Morgan fingerprint density at radius 3 is 2.22 bits per heavy atom. The number of Topliss-reactive ketones (excluding diaryl/α,β-unsaturated/α-hetero) is 1. The molecular formula is C37H51Cl2NO10. The lowest BCUT2D eigenvalue weighted by Gasteiger charge is -2.41. The summed E-state index contributed by atoms with van der Waals surface area (Å²) in [6, 6.07) is 7.78. The summed E-state index contributed by atoms with van der Waals surface area (Å²) in [7, 11) is 1.31. The van der Waals surface area contributed by atoms with Gasteiger partial charge >= 0.3 is 5.97 Å². The van der Waals surface area contributed by atoms with Gasteiger partial charge in [-0.05, 0) is 63.3 Å². The van der Waals surface area contributed by atoms with Crippen LogP contribution in [0.15, 0.2) is 30.3 Å². The third-order valence-electron chi connectivity index (χ3n) is 8.36. The summed E-state index contributed by atoms with van der Waals surface area (Å²) in [4.78, 5) is 37.7. The molecular weight excluding hydrogens is 689 g/mol. The van der Waals surface area contributed by atoms with E-state index in [4.69, 9.17) is 42.1 Å². The zero-order valence-electron chi connectivity index (χ0n) is 29.5. The third kappa shape index (κ3) is 12.5. The summed E-state index contributed by atoms with van der Waals surface area (Å²) in [5.74, 6) is -0.453. The van der Waals surface area contributed by atoms with E-state index in [1.54, 1.807) is 6.92 Å². The first-order chi connectivity index (χ1) is 23.6. The fraction of sp³-hybridized carbons (Fsp3) is 0.595. The normalized spacial score (nSPS) is 20.7. The molecule has 1 aliphatic rings. The molecule has 4 N–H and O–H groups in total. The minimum absolute atomic E-state index is 0.0873. The third-order valence-corrected chi connectivity index (χ3v) is 9.09. The second-order valence-corrected chi connectivity index (χ2v) is 14.4. The number of ketones is 1. The number of aliphatic hydroxyl groups excluding tert-OH is 3. The highest BCUT2D eigenvalue weighted by Gasteiger charge is 2.45. The number of amides is 1. The van der Waals surface area contributed by atoms with Gasteiger partial charge in [-0.1, -0.05) is 73.2 Å². The number of nitrogens with one attached hydrogen (secondary N) is 1. The molecule has 2 aromatic rings. The summed E-state index contributed by atoms with van der Waals surface area (Å²) in [6.07, 6.45) is 1.72. The van der Waals surface area contributed by atoms with Crippen LogP contribution >= 0.6 is 23.2 Å². The van der Waals surface area contributed by atoms with Gasteiger partial charge in [0, 0.05) is 31.9 Å². The monoisotopic (exact) mass is 739 g/mol. The van der Waals surface area contributed by atoms with Gasteiger partial charge in [0.2, 0.25) is 0 Å². The van der Waals surface area contributed by atoms with Crippen LogP contribution in [0.5, 0.6) is 5.75 Å². The highest BCUT2D eigenvalue weighted by atomic mass is 35.5. The van der Waals surface area contributed by atoms with Crippen molar-refractivity contribution in [1.29, 1.82) is 0 Å². The molecule has 3 rings (SSSR count). The maximum atomic E-state index is 13.2. The molecule has 1 heterocycles. The molecule has 0 aromatic heterocycles. The van der Waals surface area contributed by atoms with Crippen LogP contribution in [0, 0.1) is 6.92 Å². The molecule has 0 unspecified atom stereocenters. The predicted molar refractivity (Wildman–Crippen MR) is 189 cm³/mol. The van der Waals surface area contributed by atoms with Crippen molar-refractivity contribution in [3.05, 3.63) is 62.6 Å². The van der Waals surface area contributed by atoms with E-state index >= 15 is 0 Å². The van der Waals surface area contributed by atoms with Crippen LogP contribution in [-0.2, 0) is 36.8 Å². The quantitative estimate of drug-likeness (QED) is 0.111. The lowest BCUT2D eigenvalue weighted by Crippen LogP contribution is -2.64. The molecule has 0 radical (unpaired) electrons. The SMILES string of the molecule is CO[C@H]1O[C@H](CO)[C@@H](O)[C@H](O)[C@H]1NC(=O)c1cc(Cl)c(OCc2cccc(CC(=O)CCCCCCCCC(=O)OC(C)(C)C)c2)c(Cl)c1C. The summed E-state index contributed by atoms with van der Waals surface area (Å²) in [6.45, 7) is 6.79. The maximum Gasteiger partial charge on any atom is 0.306 e. The number of unbranched alkanes of at least 4 members (excludes halogenated alkanes) is 5. The summed E-state index contributed by atoms with van der Waals surface area (Å²) in [5, 5.41) is 33.1. The number of ether oxygens (including phenoxy) is 4. The maximum absolute atomic E-state index is 13.2. The Hall–Kier alpha value is -2.77. The Bertz CT molecular complexity index is 1440. The predicted octanol–water partition coefficient (Wildman–Crippen LogP) is 5.64. The van der Waals surface area contributed by atoms with Crippen LogP contribution in [0.3, 0.4) is 0 Å². The van der Waals surface area contributed by atoms with Crippen molar-refractivity contribution in [3.8, 4) is 5.75 Å². The van der Waals surface area contributed by atoms with Crippen LogP contribution < -0.4 is 10.1 Å². The van der Waals surface area contributed by atoms with Crippen LogP contribution in [0.1, 0.15) is 99.2 Å². The number of carbonyl (C=O) groups is 3. The zero-order valence-corrected chi connectivity index (χ0v) is 31.0. The van der Waals surface area contributed by atoms with Gasteiger partial charge in [0.25, 0.3) is 5.91 Å². The number of carbonyl (C=O) groups excluding carboxylic acids is 3. The van der Waals surface area contributed by atoms with Gasteiger partial charge in [-0.25, -0.2) is 0 Å². The van der Waals surface area contributed by atoms with Gasteiger partial charge in [-0.2, -0.15) is 0 Å². The van der Waals surface area contributed by atoms with Crippen molar-refractivity contribution >= 4 is 40.9 Å². The second-order valence-electron chi connectivity index (χ2n) is 13.6. The summed E-state index contributed by atoms with van der Waals surface area (Å²) >= 11 is 13.1. The first-order valence-corrected chi connectivity index (χ1v) is 17.8. The van der Waals surface area contributed by atoms with Crippen molar-refractivity contribution in [3.63, 3.8) is 0 Å². The summed E-state index contributed by atoms with van der Waals surface area (Å²) in [5.41, 5.74) is 1.72. The van der Waals surface area contributed by atoms with Crippen molar-refractivity contribution < 1.29 is 48.7 Å². The van der Waals surface area contributed by atoms with Crippen LogP contribution in [-0.4, -0.2) is 82.9 Å². The van der Waals surface area contributed by atoms with E-state index in [9.17, 15) is 29.7 Å². The molecule has 0 bridgehead atoms. The molecule has 0 spiro atoms. The molecule has 13 heteroatoms. The Balaban J connectivity index is 1.48. The van der Waals surface area contributed by atoms with Crippen LogP contribution in [0.25, 0.3) is 0 Å². The van der Waals surface area contributed by atoms with Crippen molar-refractivity contribution in [2.75, 3.05) is 13.7 Å². The van der Waals surface area contributed by atoms with Gasteiger partial charge in [-0.15, -0.1) is 0 Å². The molecule has 1 saturated heterocycles. The molecule has 5 atom stereocenters. The Morgan fingerprint density at radius 1 is 0.940 bits per heavy atom. The van der Waals surface area contributed by atoms with Gasteiger partial charge in [0.15, 0.2) is 12.0 Å². The number of esters is 1. The Morgan fingerprint density at radius 2 is 1.58 bits per heavy atom. The van der Waals surface area contributed by atoms with Crippen LogP contribution in [0.2, 0.25) is 10.0 Å². The Kier molecular flexibility index (Phi) is 16.4. The topological polar surface area (TPSA) is 161 Å². The zero-order chi connectivity index (χ0) is 37.0. The number of aliphatic hydroxyl groups is 3. The van der Waals surface area contributed by atoms with Gasteiger partial charge in [0.1, 0.15) is 42.3 Å². The second kappa shape index (κ2) is 19.7. The number of hydrogen-bond acceptors (Lipinski definition) is 10. The molecule has 11 nitrogen and oxygen atoms in total. The standard InChI is InChI=1S/C37H51Cl2NO10/c1-22-26(35(46)40-31-33(45)32(44)28(20-41)49-36(31)47-5)19-27(38)34(30(22)39)48-21-24-14-12-13-23(17-24)18-25(42)15-10-8-6-7-9-11-16-29(43)50-37(2,3)4/h12-14,17,19,28,31-33,36,41,44-45H,6-11,15-16,18,20-21H2,1-5H3,(H,40,46)/t28-,31-,32-,33-,36+/m1/s1. The molecule has 0 aliphatic carbocycles.